The quantitative estimate of drug-likeness (QED) is 0.419. The molecule has 1 aliphatic rings. The van der Waals surface area contributed by atoms with Crippen LogP contribution in [0.2, 0.25) is 5.02 Å². The Bertz CT molecular complexity index is 1480. The maximum Gasteiger partial charge on any atom is 0.264 e. The second-order valence-electron chi connectivity index (χ2n) is 8.70. The first-order valence-corrected chi connectivity index (χ1v) is 11.4. The van der Waals surface area contributed by atoms with Crippen LogP contribution in [0.4, 0.5) is 10.1 Å². The maximum atomic E-state index is 13.3. The van der Waals surface area contributed by atoms with Crippen molar-refractivity contribution in [2.75, 3.05) is 18.8 Å². The van der Waals surface area contributed by atoms with Crippen molar-refractivity contribution in [3.05, 3.63) is 81.7 Å². The molecule has 3 heterocycles. The minimum Gasteiger partial charge on any atom is -0.398 e. The number of hydrogen-bond acceptors (Lipinski definition) is 6. The van der Waals surface area contributed by atoms with Crippen molar-refractivity contribution in [1.29, 1.82) is 0 Å². The molecule has 1 aliphatic heterocycles. The monoisotopic (exact) mass is 496 g/mol. The van der Waals surface area contributed by atoms with Crippen LogP contribution in [0.15, 0.2) is 59.8 Å². The van der Waals surface area contributed by atoms with Crippen LogP contribution in [0.1, 0.15) is 23.2 Å². The van der Waals surface area contributed by atoms with Gasteiger partial charge in [-0.3, -0.25) is 14.2 Å². The standard InChI is InChI=1S/C24H22ClFN6O3/c25-15-1-4-17(5-2-15)32-21-19(12-29-32)23(34)31(14-28-21)13-24(35)7-9-30(10-8-24)22(33)18-6-3-16(26)11-20(18)27/h1-6,11-12,14,35H,7-10,13,27H2. The smallest absolute Gasteiger partial charge is 0.264 e. The van der Waals surface area contributed by atoms with Crippen LogP contribution in [-0.4, -0.2) is 53.9 Å². The fourth-order valence-electron chi connectivity index (χ4n) is 4.33. The molecule has 3 N–H and O–H groups in total. The average molecular weight is 497 g/mol. The lowest BCUT2D eigenvalue weighted by molar-refractivity contribution is -0.0299. The van der Waals surface area contributed by atoms with Gasteiger partial charge in [-0.25, -0.2) is 14.1 Å². The van der Waals surface area contributed by atoms with Crippen molar-refractivity contribution < 1.29 is 14.3 Å². The predicted octanol–water partition coefficient (Wildman–Crippen LogP) is 2.62. The van der Waals surface area contributed by atoms with Crippen molar-refractivity contribution in [3.8, 4) is 5.69 Å². The molecule has 0 unspecified atom stereocenters. The van der Waals surface area contributed by atoms with Crippen molar-refractivity contribution in [3.63, 3.8) is 0 Å². The molecule has 5 rings (SSSR count). The van der Waals surface area contributed by atoms with E-state index < -0.39 is 11.4 Å². The molecular formula is C24H22ClFN6O3. The fraction of sp³-hybridized carbons (Fsp3) is 0.250. The summed E-state index contributed by atoms with van der Waals surface area (Å²) in [6.45, 7) is 0.567. The number of likely N-dealkylation sites (tertiary alicyclic amines) is 1. The Morgan fingerprint density at radius 1 is 1.17 bits per heavy atom. The zero-order valence-corrected chi connectivity index (χ0v) is 19.3. The van der Waals surface area contributed by atoms with E-state index in [1.54, 1.807) is 33.8 Å². The zero-order valence-electron chi connectivity index (χ0n) is 18.6. The average Bonchev–Trinajstić information content (AvgIpc) is 3.26. The van der Waals surface area contributed by atoms with E-state index in [0.29, 0.717) is 21.7 Å². The predicted molar refractivity (Wildman–Crippen MR) is 129 cm³/mol. The highest BCUT2D eigenvalue weighted by Gasteiger charge is 2.35. The van der Waals surface area contributed by atoms with E-state index in [9.17, 15) is 19.1 Å². The Kier molecular flexibility index (Phi) is 5.78. The van der Waals surface area contributed by atoms with Gasteiger partial charge in [-0.1, -0.05) is 11.6 Å². The summed E-state index contributed by atoms with van der Waals surface area (Å²) in [5.74, 6) is -0.832. The van der Waals surface area contributed by atoms with Gasteiger partial charge in [0.1, 0.15) is 17.5 Å². The third kappa shape index (κ3) is 4.38. The van der Waals surface area contributed by atoms with Crippen LogP contribution in [0, 0.1) is 5.82 Å². The molecule has 180 valence electrons. The van der Waals surface area contributed by atoms with E-state index in [2.05, 4.69) is 10.1 Å². The molecule has 9 nitrogen and oxygen atoms in total. The molecule has 1 amide bonds. The van der Waals surface area contributed by atoms with Gasteiger partial charge in [-0.05, 0) is 55.3 Å². The summed E-state index contributed by atoms with van der Waals surface area (Å²) in [6, 6.07) is 10.7. The number of nitrogens with zero attached hydrogens (tertiary/aromatic N) is 5. The van der Waals surface area contributed by atoms with E-state index in [4.69, 9.17) is 17.3 Å². The number of nitrogens with two attached hydrogens (primary N) is 1. The van der Waals surface area contributed by atoms with Gasteiger partial charge >= 0.3 is 0 Å². The Hall–Kier alpha value is -3.76. The summed E-state index contributed by atoms with van der Waals surface area (Å²) < 4.78 is 16.2. The van der Waals surface area contributed by atoms with Gasteiger partial charge in [0.2, 0.25) is 0 Å². The number of amides is 1. The molecule has 0 atom stereocenters. The third-order valence-electron chi connectivity index (χ3n) is 6.32. The molecule has 2 aromatic heterocycles. The number of carbonyl (C=O) groups excluding carboxylic acids is 1. The highest BCUT2D eigenvalue weighted by Crippen LogP contribution is 2.26. The molecular weight excluding hydrogens is 475 g/mol. The summed E-state index contributed by atoms with van der Waals surface area (Å²) in [5, 5.41) is 16.4. The Labute approximate surface area is 204 Å². The number of benzene rings is 2. The van der Waals surface area contributed by atoms with Crippen LogP contribution < -0.4 is 11.3 Å². The summed E-state index contributed by atoms with van der Waals surface area (Å²) in [4.78, 5) is 31.9. The molecule has 1 saturated heterocycles. The van der Waals surface area contributed by atoms with Gasteiger partial charge in [-0.2, -0.15) is 5.10 Å². The zero-order chi connectivity index (χ0) is 24.7. The lowest BCUT2D eigenvalue weighted by atomic mass is 9.90. The van der Waals surface area contributed by atoms with E-state index in [0.717, 1.165) is 6.07 Å². The lowest BCUT2D eigenvalue weighted by Gasteiger charge is -2.38. The number of anilines is 1. The molecule has 2 aromatic carbocycles. The highest BCUT2D eigenvalue weighted by molar-refractivity contribution is 6.30. The fourth-order valence-corrected chi connectivity index (χ4v) is 4.46. The number of rotatable bonds is 4. The number of carbonyl (C=O) groups is 1. The Balaban J connectivity index is 1.32. The summed E-state index contributed by atoms with van der Waals surface area (Å²) in [6.07, 6.45) is 3.37. The number of aliphatic hydroxyl groups is 1. The first kappa shape index (κ1) is 23.0. The molecule has 0 bridgehead atoms. The van der Waals surface area contributed by atoms with E-state index in [1.165, 1.54) is 29.2 Å². The van der Waals surface area contributed by atoms with Gasteiger partial charge in [-0.15, -0.1) is 0 Å². The van der Waals surface area contributed by atoms with Crippen LogP contribution in [0.5, 0.6) is 0 Å². The van der Waals surface area contributed by atoms with Crippen LogP contribution in [-0.2, 0) is 6.54 Å². The SMILES string of the molecule is Nc1cc(F)ccc1C(=O)N1CCC(O)(Cn2cnc3c(cnn3-c3ccc(Cl)cc3)c2=O)CC1. The lowest BCUT2D eigenvalue weighted by Crippen LogP contribution is -2.49. The number of piperidine rings is 1. The van der Waals surface area contributed by atoms with Crippen LogP contribution in [0.25, 0.3) is 16.7 Å². The first-order chi connectivity index (χ1) is 16.7. The number of aromatic nitrogens is 4. The van der Waals surface area contributed by atoms with E-state index >= 15 is 0 Å². The van der Waals surface area contributed by atoms with Crippen LogP contribution in [0.3, 0.4) is 0 Å². The maximum absolute atomic E-state index is 13.3. The van der Waals surface area contributed by atoms with Gasteiger partial charge in [0.05, 0.1) is 29.6 Å². The molecule has 11 heteroatoms. The minimum atomic E-state index is -1.20. The van der Waals surface area contributed by atoms with Gasteiger partial charge in [0, 0.05) is 23.8 Å². The van der Waals surface area contributed by atoms with Crippen molar-refractivity contribution in [2.24, 2.45) is 0 Å². The highest BCUT2D eigenvalue weighted by atomic mass is 35.5. The topological polar surface area (TPSA) is 119 Å². The molecule has 1 fully saturated rings. The van der Waals surface area contributed by atoms with Crippen molar-refractivity contribution >= 4 is 34.2 Å². The third-order valence-corrected chi connectivity index (χ3v) is 6.57. The van der Waals surface area contributed by atoms with Gasteiger partial charge in [0.15, 0.2) is 5.65 Å². The summed E-state index contributed by atoms with van der Waals surface area (Å²) >= 11 is 5.95. The largest absolute Gasteiger partial charge is 0.398 e. The Morgan fingerprint density at radius 2 is 1.89 bits per heavy atom. The van der Waals surface area contributed by atoms with E-state index in [-0.39, 0.29) is 55.2 Å². The number of fused-ring (bicyclic) bond motifs is 1. The van der Waals surface area contributed by atoms with Gasteiger partial charge < -0.3 is 15.7 Å². The molecule has 0 aliphatic carbocycles. The molecule has 4 aromatic rings. The van der Waals surface area contributed by atoms with Crippen LogP contribution >= 0.6 is 11.6 Å². The number of nitrogen functional groups attached to an aromatic ring is 1. The summed E-state index contributed by atoms with van der Waals surface area (Å²) in [7, 11) is 0. The van der Waals surface area contributed by atoms with Gasteiger partial charge in [0.25, 0.3) is 11.5 Å². The van der Waals surface area contributed by atoms with Crippen molar-refractivity contribution in [2.45, 2.75) is 25.0 Å². The molecule has 0 saturated carbocycles. The summed E-state index contributed by atoms with van der Waals surface area (Å²) in [5.41, 5.74) is 5.69. The number of halogens is 2. The number of hydrogen-bond donors (Lipinski definition) is 2. The molecule has 0 radical (unpaired) electrons. The van der Waals surface area contributed by atoms with Crippen molar-refractivity contribution in [1.82, 2.24) is 24.2 Å². The molecule has 35 heavy (non-hydrogen) atoms. The Morgan fingerprint density at radius 3 is 2.57 bits per heavy atom. The molecule has 0 spiro atoms. The second-order valence-corrected chi connectivity index (χ2v) is 9.13. The minimum absolute atomic E-state index is 0.0294. The second kappa shape index (κ2) is 8.79. The normalized spacial score (nSPS) is 15.5. The van der Waals surface area contributed by atoms with E-state index in [1.807, 2.05) is 0 Å². The first-order valence-electron chi connectivity index (χ1n) is 11.0.